The molecule has 3 aromatic carbocycles. The Morgan fingerprint density at radius 2 is 1.80 bits per heavy atom. The molecule has 2 heterocycles. The highest BCUT2D eigenvalue weighted by atomic mass is 35.5. The van der Waals surface area contributed by atoms with Crippen molar-refractivity contribution in [2.75, 3.05) is 4.90 Å². The average molecular weight is 489 g/mol. The molecule has 6 nitrogen and oxygen atoms in total. The van der Waals surface area contributed by atoms with Gasteiger partial charge in [-0.05, 0) is 56.2 Å². The van der Waals surface area contributed by atoms with Crippen LogP contribution < -0.4 is 10.2 Å². The van der Waals surface area contributed by atoms with Crippen LogP contribution in [0.1, 0.15) is 35.5 Å². The molecule has 2 amide bonds. The van der Waals surface area contributed by atoms with Crippen molar-refractivity contribution < 1.29 is 13.7 Å². The summed E-state index contributed by atoms with van der Waals surface area (Å²) in [5.74, 6) is 0.0916. The number of nitrogens with zero attached hydrogens (tertiary/aromatic N) is 3. The van der Waals surface area contributed by atoms with Gasteiger partial charge in [0.05, 0.1) is 17.3 Å². The highest BCUT2D eigenvalue weighted by Gasteiger charge is 2.36. The number of carbonyl (C=O) groups is 1. The van der Waals surface area contributed by atoms with Crippen LogP contribution in [-0.2, 0) is 0 Å². The molecule has 0 spiro atoms. The summed E-state index contributed by atoms with van der Waals surface area (Å²) in [5.41, 5.74) is 5.23. The summed E-state index contributed by atoms with van der Waals surface area (Å²) in [7, 11) is 0. The summed E-state index contributed by atoms with van der Waals surface area (Å²) in [6.07, 6.45) is 0. The summed E-state index contributed by atoms with van der Waals surface area (Å²) in [6.45, 7) is 5.72. The Bertz CT molecular complexity index is 1460. The normalized spacial score (nSPS) is 16.0. The number of carbonyl (C=O) groups excluding carboxylic acids is 1. The lowest BCUT2D eigenvalue weighted by Gasteiger charge is -2.35. The molecule has 0 radical (unpaired) electrons. The van der Waals surface area contributed by atoms with Gasteiger partial charge in [-0.25, -0.2) is 9.18 Å². The third kappa shape index (κ3) is 4.31. The second kappa shape index (κ2) is 9.00. The fourth-order valence-electron chi connectivity index (χ4n) is 4.14. The molecule has 35 heavy (non-hydrogen) atoms. The van der Waals surface area contributed by atoms with Crippen molar-refractivity contribution in [2.45, 2.75) is 26.8 Å². The van der Waals surface area contributed by atoms with E-state index in [9.17, 15) is 9.18 Å². The predicted octanol–water partition coefficient (Wildman–Crippen LogP) is 6.85. The van der Waals surface area contributed by atoms with Crippen molar-refractivity contribution in [3.05, 3.63) is 106 Å². The number of hydrogen-bond donors (Lipinski definition) is 1. The third-order valence-corrected chi connectivity index (χ3v) is 6.46. The van der Waals surface area contributed by atoms with E-state index in [0.29, 0.717) is 27.5 Å². The second-order valence-corrected chi connectivity index (χ2v) is 8.90. The fourth-order valence-corrected chi connectivity index (χ4v) is 4.31. The van der Waals surface area contributed by atoms with E-state index in [1.54, 1.807) is 18.2 Å². The lowest BCUT2D eigenvalue weighted by Crippen LogP contribution is -2.46. The number of nitrogens with one attached hydrogen (secondary N) is 1. The van der Waals surface area contributed by atoms with Crippen LogP contribution in [0.4, 0.5) is 14.9 Å². The highest BCUT2D eigenvalue weighted by molar-refractivity contribution is 6.31. The molecule has 1 unspecified atom stereocenters. The molecule has 5 rings (SSSR count). The van der Waals surface area contributed by atoms with E-state index in [1.807, 2.05) is 57.2 Å². The number of hydrogen-bond acceptors (Lipinski definition) is 4. The van der Waals surface area contributed by atoms with Crippen LogP contribution in [0, 0.1) is 19.7 Å². The molecule has 0 saturated carbocycles. The molecule has 1 atom stereocenters. The third-order valence-electron chi connectivity index (χ3n) is 6.05. The van der Waals surface area contributed by atoms with E-state index in [-0.39, 0.29) is 17.7 Å². The van der Waals surface area contributed by atoms with Crippen LogP contribution in [-0.4, -0.2) is 16.2 Å². The topological polar surface area (TPSA) is 71.3 Å². The zero-order chi connectivity index (χ0) is 24.7. The largest absolute Gasteiger partial charge is 0.334 e. The van der Waals surface area contributed by atoms with Gasteiger partial charge in [0.2, 0.25) is 5.82 Å². The van der Waals surface area contributed by atoms with E-state index in [2.05, 4.69) is 15.5 Å². The quantitative estimate of drug-likeness (QED) is 0.341. The maximum Gasteiger partial charge on any atom is 0.326 e. The monoisotopic (exact) mass is 488 g/mol. The summed E-state index contributed by atoms with van der Waals surface area (Å²) in [5, 5.41) is 7.71. The lowest BCUT2D eigenvalue weighted by atomic mass is 9.94. The number of aromatic nitrogens is 2. The zero-order valence-electron chi connectivity index (χ0n) is 19.3. The number of amides is 2. The van der Waals surface area contributed by atoms with E-state index in [1.165, 1.54) is 17.0 Å². The first-order valence-corrected chi connectivity index (χ1v) is 11.4. The van der Waals surface area contributed by atoms with Gasteiger partial charge in [-0.15, -0.1) is 0 Å². The maximum atomic E-state index is 13.8. The highest BCUT2D eigenvalue weighted by Crippen LogP contribution is 2.39. The number of anilines is 1. The molecular weight excluding hydrogens is 467 g/mol. The van der Waals surface area contributed by atoms with E-state index in [0.717, 1.165) is 16.7 Å². The number of aryl methyl sites for hydroxylation is 2. The Balaban J connectivity index is 1.66. The van der Waals surface area contributed by atoms with Crippen molar-refractivity contribution in [3.8, 4) is 11.4 Å². The number of rotatable bonds is 4. The standard InChI is InChI=1S/C27H22ClFN4O2/c1-15-7-10-18(11-8-15)24-23(26-31-25(32-35-26)19-5-4-6-20(29)13-19)17(3)33(27(34)30-24)21-12-9-16(2)22(28)14-21/h4-14,24H,1-3H3,(H,30,34). The Hall–Kier alpha value is -3.97. The molecule has 176 valence electrons. The average Bonchev–Trinajstić information content (AvgIpc) is 3.31. The fraction of sp³-hybridized carbons (Fsp3) is 0.148. The summed E-state index contributed by atoms with van der Waals surface area (Å²) in [4.78, 5) is 19.4. The SMILES string of the molecule is CC1=C(c2nc(-c3cccc(F)c3)no2)C(c2ccc(C)cc2)NC(=O)N1c1ccc(C)c(Cl)c1. The molecular formula is C27H22ClFN4O2. The Labute approximate surface area is 207 Å². The molecule has 0 fully saturated rings. The van der Waals surface area contributed by atoms with Crippen molar-refractivity contribution in [1.82, 2.24) is 15.5 Å². The number of urea groups is 1. The Kier molecular flexibility index (Phi) is 5.86. The maximum absolute atomic E-state index is 13.8. The molecule has 1 aromatic heterocycles. The minimum atomic E-state index is -0.527. The van der Waals surface area contributed by atoms with E-state index >= 15 is 0 Å². The van der Waals surface area contributed by atoms with Crippen LogP contribution in [0.3, 0.4) is 0 Å². The summed E-state index contributed by atoms with van der Waals surface area (Å²) in [6, 6.07) is 18.5. The van der Waals surface area contributed by atoms with Gasteiger partial charge in [-0.3, -0.25) is 4.90 Å². The zero-order valence-corrected chi connectivity index (χ0v) is 20.1. The van der Waals surface area contributed by atoms with Crippen molar-refractivity contribution in [2.24, 2.45) is 0 Å². The molecule has 0 aliphatic carbocycles. The van der Waals surface area contributed by atoms with Gasteiger partial charge in [0.25, 0.3) is 5.89 Å². The molecule has 4 aromatic rings. The van der Waals surface area contributed by atoms with Gasteiger partial charge in [-0.1, -0.05) is 64.8 Å². The van der Waals surface area contributed by atoms with E-state index in [4.69, 9.17) is 16.1 Å². The summed E-state index contributed by atoms with van der Waals surface area (Å²) < 4.78 is 19.4. The smallest absolute Gasteiger partial charge is 0.326 e. The number of halogens is 2. The number of benzene rings is 3. The van der Waals surface area contributed by atoms with Crippen LogP contribution in [0.15, 0.2) is 77.0 Å². The molecule has 0 bridgehead atoms. The molecule has 8 heteroatoms. The lowest BCUT2D eigenvalue weighted by molar-refractivity contribution is 0.244. The van der Waals surface area contributed by atoms with Gasteiger partial charge >= 0.3 is 6.03 Å². The number of allylic oxidation sites excluding steroid dienone is 1. The van der Waals surface area contributed by atoms with Crippen molar-refractivity contribution in [3.63, 3.8) is 0 Å². The molecule has 1 aliphatic rings. The van der Waals surface area contributed by atoms with Gasteiger partial charge < -0.3 is 9.84 Å². The van der Waals surface area contributed by atoms with Crippen LogP contribution in [0.5, 0.6) is 0 Å². The van der Waals surface area contributed by atoms with Crippen LogP contribution in [0.25, 0.3) is 17.0 Å². The molecule has 0 saturated heterocycles. The molecule has 1 aliphatic heterocycles. The van der Waals surface area contributed by atoms with Crippen molar-refractivity contribution >= 4 is 28.9 Å². The first-order chi connectivity index (χ1) is 16.8. The van der Waals surface area contributed by atoms with E-state index < -0.39 is 11.9 Å². The Morgan fingerprint density at radius 1 is 1.03 bits per heavy atom. The first-order valence-electron chi connectivity index (χ1n) is 11.1. The van der Waals surface area contributed by atoms with Crippen LogP contribution in [0.2, 0.25) is 5.02 Å². The van der Waals surface area contributed by atoms with Gasteiger partial charge in [-0.2, -0.15) is 4.98 Å². The van der Waals surface area contributed by atoms with Gasteiger partial charge in [0, 0.05) is 16.3 Å². The first kappa shape index (κ1) is 22.8. The van der Waals surface area contributed by atoms with Gasteiger partial charge in [0.1, 0.15) is 5.82 Å². The minimum Gasteiger partial charge on any atom is -0.334 e. The van der Waals surface area contributed by atoms with Crippen LogP contribution >= 0.6 is 11.6 Å². The minimum absolute atomic E-state index is 0.232. The molecule has 1 N–H and O–H groups in total. The second-order valence-electron chi connectivity index (χ2n) is 8.49. The van der Waals surface area contributed by atoms with Gasteiger partial charge in [0.15, 0.2) is 0 Å². The van der Waals surface area contributed by atoms with Crippen molar-refractivity contribution in [1.29, 1.82) is 0 Å². The predicted molar refractivity (Wildman–Crippen MR) is 133 cm³/mol. The summed E-state index contributed by atoms with van der Waals surface area (Å²) >= 11 is 6.36. The Morgan fingerprint density at radius 3 is 2.51 bits per heavy atom.